The van der Waals surface area contributed by atoms with Crippen LogP contribution in [0.4, 0.5) is 10.1 Å². The number of allylic oxidation sites excluding steroid dienone is 1. The largest absolute Gasteiger partial charge is 0.494 e. The van der Waals surface area contributed by atoms with Crippen LogP contribution in [-0.2, 0) is 11.2 Å². The molecule has 0 unspecified atom stereocenters. The number of nitrogens with one attached hydrogen (secondary N) is 1. The van der Waals surface area contributed by atoms with Crippen molar-refractivity contribution in [1.82, 2.24) is 4.40 Å². The van der Waals surface area contributed by atoms with Gasteiger partial charge in [-0.3, -0.25) is 9.59 Å². The molecular weight excluding hydrogens is 407 g/mol. The van der Waals surface area contributed by atoms with Crippen molar-refractivity contribution in [1.29, 1.82) is 0 Å². The number of anilines is 1. The van der Waals surface area contributed by atoms with Crippen LogP contribution in [0.2, 0.25) is 0 Å². The summed E-state index contributed by atoms with van der Waals surface area (Å²) < 4.78 is 21.2. The molecule has 0 aliphatic carbocycles. The van der Waals surface area contributed by atoms with E-state index in [1.807, 2.05) is 48.5 Å². The fraction of sp³-hybridized carbons (Fsp3) is 0.0769. The highest BCUT2D eigenvalue weighted by atomic mass is 19.1. The fourth-order valence-corrected chi connectivity index (χ4v) is 3.75. The van der Waals surface area contributed by atoms with Crippen LogP contribution in [-0.4, -0.2) is 23.2 Å². The Morgan fingerprint density at radius 2 is 1.84 bits per heavy atom. The van der Waals surface area contributed by atoms with E-state index in [-0.39, 0.29) is 29.1 Å². The topological polar surface area (TPSA) is 59.8 Å². The molecule has 0 saturated carbocycles. The molecule has 0 aliphatic heterocycles. The molecular formula is C26H21FN2O3. The fourth-order valence-electron chi connectivity index (χ4n) is 3.75. The molecule has 2 aromatic heterocycles. The molecule has 4 aromatic rings. The predicted octanol–water partition coefficient (Wildman–Crippen LogP) is 5.30. The average molecular weight is 428 g/mol. The van der Waals surface area contributed by atoms with Gasteiger partial charge in [-0.05, 0) is 42.3 Å². The first-order valence-corrected chi connectivity index (χ1v) is 10.0. The molecule has 0 bridgehead atoms. The Bertz CT molecular complexity index is 1330. The first kappa shape index (κ1) is 21.1. The van der Waals surface area contributed by atoms with E-state index in [4.69, 9.17) is 4.74 Å². The van der Waals surface area contributed by atoms with Gasteiger partial charge in [0.1, 0.15) is 17.3 Å². The molecule has 0 radical (unpaired) electrons. The maximum Gasteiger partial charge on any atom is 0.298 e. The number of ketones is 1. The monoisotopic (exact) mass is 428 g/mol. The summed E-state index contributed by atoms with van der Waals surface area (Å²) in [5.74, 6) is -1.88. The summed E-state index contributed by atoms with van der Waals surface area (Å²) >= 11 is 0. The van der Waals surface area contributed by atoms with E-state index in [0.717, 1.165) is 11.1 Å². The number of hydrogen-bond acceptors (Lipinski definition) is 3. The van der Waals surface area contributed by atoms with Crippen molar-refractivity contribution in [2.24, 2.45) is 0 Å². The third-order valence-corrected chi connectivity index (χ3v) is 5.19. The maximum atomic E-state index is 14.2. The van der Waals surface area contributed by atoms with E-state index in [2.05, 4.69) is 11.9 Å². The Kier molecular flexibility index (Phi) is 5.85. The second-order valence-corrected chi connectivity index (χ2v) is 7.15. The van der Waals surface area contributed by atoms with Gasteiger partial charge in [0.05, 0.1) is 12.8 Å². The normalized spacial score (nSPS) is 10.7. The summed E-state index contributed by atoms with van der Waals surface area (Å²) in [6, 6.07) is 19.4. The van der Waals surface area contributed by atoms with Gasteiger partial charge in [-0.2, -0.15) is 0 Å². The Labute approximate surface area is 184 Å². The van der Waals surface area contributed by atoms with Gasteiger partial charge in [-0.25, -0.2) is 4.39 Å². The van der Waals surface area contributed by atoms with Crippen LogP contribution >= 0.6 is 0 Å². The Balaban J connectivity index is 1.76. The number of pyridine rings is 1. The van der Waals surface area contributed by atoms with Crippen molar-refractivity contribution in [3.8, 4) is 16.9 Å². The third kappa shape index (κ3) is 3.78. The van der Waals surface area contributed by atoms with E-state index >= 15 is 0 Å². The van der Waals surface area contributed by atoms with Crippen molar-refractivity contribution in [2.45, 2.75) is 6.42 Å². The van der Waals surface area contributed by atoms with Gasteiger partial charge in [-0.15, -0.1) is 6.58 Å². The number of benzene rings is 2. The minimum atomic E-state index is -0.847. The number of methoxy groups -OCH3 is 1. The Morgan fingerprint density at radius 3 is 2.56 bits per heavy atom. The highest BCUT2D eigenvalue weighted by molar-refractivity contribution is 6.47. The van der Waals surface area contributed by atoms with E-state index in [9.17, 15) is 14.0 Å². The summed E-state index contributed by atoms with van der Waals surface area (Å²) in [5.41, 5.74) is 2.97. The van der Waals surface area contributed by atoms with Gasteiger partial charge in [0.25, 0.3) is 11.7 Å². The first-order valence-electron chi connectivity index (χ1n) is 10.0. The number of fused-ring (bicyclic) bond motifs is 1. The number of carbonyl (C=O) groups excluding carboxylic acids is 2. The van der Waals surface area contributed by atoms with Gasteiger partial charge in [-0.1, -0.05) is 42.5 Å². The molecule has 32 heavy (non-hydrogen) atoms. The second-order valence-electron chi connectivity index (χ2n) is 7.15. The van der Waals surface area contributed by atoms with Gasteiger partial charge in [0, 0.05) is 22.8 Å². The van der Waals surface area contributed by atoms with E-state index < -0.39 is 17.5 Å². The number of nitrogens with zero attached hydrogens (tertiary/aromatic N) is 1. The molecule has 160 valence electrons. The van der Waals surface area contributed by atoms with Gasteiger partial charge in [0.2, 0.25) is 0 Å². The average Bonchev–Trinajstić information content (AvgIpc) is 3.21. The molecule has 0 atom stereocenters. The predicted molar refractivity (Wildman–Crippen MR) is 123 cm³/mol. The number of aromatic nitrogens is 1. The zero-order valence-electron chi connectivity index (χ0n) is 17.5. The van der Waals surface area contributed by atoms with Crippen molar-refractivity contribution in [3.63, 3.8) is 0 Å². The van der Waals surface area contributed by atoms with Crippen molar-refractivity contribution in [3.05, 3.63) is 103 Å². The SMILES string of the molecule is C=CCc1c(F)ccc(NC(=O)C(=O)c2c(-c3ccccc3)cc3ccccn23)c1OC. The summed E-state index contributed by atoms with van der Waals surface area (Å²) in [4.78, 5) is 26.3. The molecule has 2 aromatic carbocycles. The quantitative estimate of drug-likeness (QED) is 0.247. The number of Topliss-reactive ketones (excluding diaryl/α,β-unsaturated/α-hetero) is 1. The standard InChI is InChI=1S/C26H21FN2O3/c1-3-9-19-21(27)13-14-22(25(19)32-2)28-26(31)24(30)23-20(17-10-5-4-6-11-17)16-18-12-7-8-15-29(18)23/h3-8,10-16H,1,9H2,2H3,(H,28,31). The van der Waals surface area contributed by atoms with Gasteiger partial charge >= 0.3 is 0 Å². The van der Waals surface area contributed by atoms with Crippen molar-refractivity contribution < 1.29 is 18.7 Å². The lowest BCUT2D eigenvalue weighted by Gasteiger charge is -2.14. The maximum absolute atomic E-state index is 14.2. The van der Waals surface area contributed by atoms with E-state index in [0.29, 0.717) is 5.56 Å². The minimum absolute atomic E-state index is 0.161. The molecule has 1 N–H and O–H groups in total. The number of hydrogen-bond donors (Lipinski definition) is 1. The molecule has 0 aliphatic rings. The Morgan fingerprint density at radius 1 is 1.09 bits per heavy atom. The molecule has 0 spiro atoms. The number of amides is 1. The molecule has 6 heteroatoms. The van der Waals surface area contributed by atoms with Crippen LogP contribution < -0.4 is 10.1 Å². The Hall–Kier alpha value is -4.19. The van der Waals surface area contributed by atoms with Crippen LogP contribution in [0.25, 0.3) is 16.6 Å². The van der Waals surface area contributed by atoms with Crippen LogP contribution in [0.3, 0.4) is 0 Å². The van der Waals surface area contributed by atoms with E-state index in [1.165, 1.54) is 25.3 Å². The summed E-state index contributed by atoms with van der Waals surface area (Å²) in [6.07, 6.45) is 3.49. The number of halogens is 1. The van der Waals surface area contributed by atoms with Crippen molar-refractivity contribution in [2.75, 3.05) is 12.4 Å². The summed E-state index contributed by atoms with van der Waals surface area (Å²) in [5, 5.41) is 2.59. The molecule has 2 heterocycles. The smallest absolute Gasteiger partial charge is 0.298 e. The highest BCUT2D eigenvalue weighted by Gasteiger charge is 2.26. The van der Waals surface area contributed by atoms with Crippen LogP contribution in [0, 0.1) is 5.82 Å². The number of ether oxygens (including phenoxy) is 1. The van der Waals surface area contributed by atoms with Gasteiger partial charge < -0.3 is 14.5 Å². The van der Waals surface area contributed by atoms with Gasteiger partial charge in [0.15, 0.2) is 0 Å². The highest BCUT2D eigenvalue weighted by Crippen LogP contribution is 2.33. The zero-order valence-corrected chi connectivity index (χ0v) is 17.5. The lowest BCUT2D eigenvalue weighted by molar-refractivity contribution is -0.112. The molecule has 0 fully saturated rings. The van der Waals surface area contributed by atoms with Crippen LogP contribution in [0.1, 0.15) is 16.1 Å². The lowest BCUT2D eigenvalue weighted by atomic mass is 10.0. The second kappa shape index (κ2) is 8.89. The molecule has 1 amide bonds. The lowest BCUT2D eigenvalue weighted by Crippen LogP contribution is -2.25. The van der Waals surface area contributed by atoms with Crippen LogP contribution in [0.15, 0.2) is 85.6 Å². The third-order valence-electron chi connectivity index (χ3n) is 5.19. The molecule has 4 rings (SSSR count). The first-order chi connectivity index (χ1) is 15.5. The molecule has 5 nitrogen and oxygen atoms in total. The number of carbonyl (C=O) groups is 2. The molecule has 0 saturated heterocycles. The minimum Gasteiger partial charge on any atom is -0.494 e. The summed E-state index contributed by atoms with van der Waals surface area (Å²) in [6.45, 7) is 3.63. The summed E-state index contributed by atoms with van der Waals surface area (Å²) in [7, 11) is 1.38. The zero-order chi connectivity index (χ0) is 22.7. The van der Waals surface area contributed by atoms with E-state index in [1.54, 1.807) is 16.7 Å². The number of rotatable bonds is 7. The van der Waals surface area contributed by atoms with Crippen LogP contribution in [0.5, 0.6) is 5.75 Å². The van der Waals surface area contributed by atoms with Crippen molar-refractivity contribution >= 4 is 22.9 Å².